The van der Waals surface area contributed by atoms with E-state index >= 15 is 0 Å². The number of ether oxygens (including phenoxy) is 2. The summed E-state index contributed by atoms with van der Waals surface area (Å²) in [5, 5.41) is 8.80. The number of nitrogens with one attached hydrogen (secondary N) is 1. The van der Waals surface area contributed by atoms with Crippen LogP contribution in [0, 0.1) is 5.41 Å². The first-order valence-corrected chi connectivity index (χ1v) is 11.8. The van der Waals surface area contributed by atoms with Crippen molar-refractivity contribution in [1.82, 2.24) is 14.9 Å². The fourth-order valence-corrected chi connectivity index (χ4v) is 4.46. The van der Waals surface area contributed by atoms with Crippen LogP contribution in [0.1, 0.15) is 44.9 Å². The largest absolute Gasteiger partial charge is 0.488 e. The number of rotatable bonds is 10. The van der Waals surface area contributed by atoms with Crippen LogP contribution in [-0.2, 0) is 9.53 Å². The molecule has 3 N–H and O–H groups in total. The molecule has 1 saturated carbocycles. The molecule has 4 rings (SSSR count). The highest BCUT2D eigenvalue weighted by Gasteiger charge is 2.40. The Morgan fingerprint density at radius 2 is 1.97 bits per heavy atom. The molecule has 2 atom stereocenters. The zero-order valence-corrected chi connectivity index (χ0v) is 20.2. The van der Waals surface area contributed by atoms with Crippen LogP contribution in [0.4, 0.5) is 11.5 Å². The van der Waals surface area contributed by atoms with Crippen LogP contribution in [-0.4, -0.2) is 77.4 Å². The van der Waals surface area contributed by atoms with E-state index in [4.69, 9.17) is 20.6 Å². The van der Waals surface area contributed by atoms with Gasteiger partial charge < -0.3 is 24.9 Å². The van der Waals surface area contributed by atoms with E-state index in [1.54, 1.807) is 6.07 Å². The molecule has 9 nitrogen and oxygen atoms in total. The standard InChI is InChI=1S/C25H34N6O3/c1-17-14-30(15-18(2)31(17)8-10-33-11-9-32)23-13-22(28-16-29-23)24(27)20-12-19(4-5-21(20)26)34-25(3)6-7-25/h4-5,9,12-13,16-18,27H,6-8,10-11,14-15,26H2,1-3H3/t17-,18+. The predicted molar refractivity (Wildman–Crippen MR) is 132 cm³/mol. The van der Waals surface area contributed by atoms with Crippen LogP contribution >= 0.6 is 0 Å². The number of benzene rings is 1. The molecule has 9 heteroatoms. The van der Waals surface area contributed by atoms with Crippen LogP contribution in [0.3, 0.4) is 0 Å². The van der Waals surface area contributed by atoms with Gasteiger partial charge in [-0.05, 0) is 51.8 Å². The van der Waals surface area contributed by atoms with Gasteiger partial charge >= 0.3 is 0 Å². The molecule has 0 spiro atoms. The summed E-state index contributed by atoms with van der Waals surface area (Å²) >= 11 is 0. The molecule has 1 aliphatic carbocycles. The zero-order valence-electron chi connectivity index (χ0n) is 20.2. The van der Waals surface area contributed by atoms with Gasteiger partial charge in [-0.15, -0.1) is 0 Å². The number of hydrogen-bond donors (Lipinski definition) is 2. The molecule has 1 saturated heterocycles. The predicted octanol–water partition coefficient (Wildman–Crippen LogP) is 2.52. The summed E-state index contributed by atoms with van der Waals surface area (Å²) in [5.41, 5.74) is 8.01. The van der Waals surface area contributed by atoms with Gasteiger partial charge in [-0.1, -0.05) is 0 Å². The van der Waals surface area contributed by atoms with Crippen molar-refractivity contribution in [2.45, 2.75) is 51.3 Å². The molecule has 0 amide bonds. The number of piperazine rings is 1. The van der Waals surface area contributed by atoms with Crippen LogP contribution < -0.4 is 15.4 Å². The van der Waals surface area contributed by atoms with Gasteiger partial charge in [0.05, 0.1) is 18.0 Å². The lowest BCUT2D eigenvalue weighted by atomic mass is 10.0. The van der Waals surface area contributed by atoms with E-state index in [-0.39, 0.29) is 30.0 Å². The van der Waals surface area contributed by atoms with E-state index < -0.39 is 0 Å². The second-order valence-electron chi connectivity index (χ2n) is 9.52. The van der Waals surface area contributed by atoms with Gasteiger partial charge in [0.2, 0.25) is 0 Å². The number of carbonyl (C=O) groups is 1. The summed E-state index contributed by atoms with van der Waals surface area (Å²) in [6.45, 7) is 9.49. The molecule has 0 unspecified atom stereocenters. The number of nitrogens with zero attached hydrogens (tertiary/aromatic N) is 4. The lowest BCUT2D eigenvalue weighted by Gasteiger charge is -2.44. The zero-order chi connectivity index (χ0) is 24.3. The molecule has 0 bridgehead atoms. The highest BCUT2D eigenvalue weighted by atomic mass is 16.5. The third-order valence-corrected chi connectivity index (χ3v) is 6.63. The molecule has 2 aliphatic rings. The minimum Gasteiger partial charge on any atom is -0.488 e. The van der Waals surface area contributed by atoms with Crippen molar-refractivity contribution in [3.05, 3.63) is 41.9 Å². The van der Waals surface area contributed by atoms with E-state index in [1.165, 1.54) is 6.33 Å². The average Bonchev–Trinajstić information content (AvgIpc) is 3.55. The fraction of sp³-hybridized carbons (Fsp3) is 0.520. The fourth-order valence-electron chi connectivity index (χ4n) is 4.46. The van der Waals surface area contributed by atoms with Gasteiger partial charge in [-0.25, -0.2) is 9.97 Å². The number of aldehydes is 1. The number of hydrogen-bond acceptors (Lipinski definition) is 9. The molecule has 2 heterocycles. The average molecular weight is 467 g/mol. The number of aromatic nitrogens is 2. The van der Waals surface area contributed by atoms with Crippen molar-refractivity contribution in [2.75, 3.05) is 43.5 Å². The number of nitrogens with two attached hydrogens (primary N) is 1. The molecule has 34 heavy (non-hydrogen) atoms. The normalized spacial score (nSPS) is 21.8. The van der Waals surface area contributed by atoms with Crippen molar-refractivity contribution in [3.63, 3.8) is 0 Å². The van der Waals surface area contributed by atoms with Crippen LogP contribution in [0.2, 0.25) is 0 Å². The first kappa shape index (κ1) is 24.1. The van der Waals surface area contributed by atoms with Crippen molar-refractivity contribution < 1.29 is 14.3 Å². The Hall–Kier alpha value is -3.04. The molecular formula is C25H34N6O3. The maximum Gasteiger partial charge on any atom is 0.145 e. The maximum atomic E-state index is 10.5. The highest BCUT2D eigenvalue weighted by molar-refractivity contribution is 6.13. The van der Waals surface area contributed by atoms with Crippen LogP contribution in [0.5, 0.6) is 5.75 Å². The van der Waals surface area contributed by atoms with Crippen molar-refractivity contribution in [1.29, 1.82) is 5.41 Å². The minimum atomic E-state index is -0.103. The topological polar surface area (TPSA) is 118 Å². The molecule has 2 fully saturated rings. The second-order valence-corrected chi connectivity index (χ2v) is 9.52. The summed E-state index contributed by atoms with van der Waals surface area (Å²) < 4.78 is 11.4. The monoisotopic (exact) mass is 466 g/mol. The summed E-state index contributed by atoms with van der Waals surface area (Å²) in [4.78, 5) is 23.9. The van der Waals surface area contributed by atoms with Gasteiger partial charge in [0, 0.05) is 49.0 Å². The third kappa shape index (κ3) is 5.53. The quantitative estimate of drug-likeness (QED) is 0.237. The van der Waals surface area contributed by atoms with Crippen LogP contribution in [0.25, 0.3) is 0 Å². The Labute approximate surface area is 200 Å². The number of nitrogen functional groups attached to an aromatic ring is 1. The van der Waals surface area contributed by atoms with Gasteiger partial charge in [0.15, 0.2) is 0 Å². The molecule has 2 aromatic rings. The van der Waals surface area contributed by atoms with E-state index in [1.807, 2.05) is 18.2 Å². The van der Waals surface area contributed by atoms with E-state index in [0.717, 1.165) is 50.3 Å². The SMILES string of the molecule is C[C@@H]1CN(c2cc(C(=N)c3cc(OC4(C)CC4)ccc3N)ncn2)C[C@H](C)N1CCOCC=O. The molecule has 182 valence electrons. The van der Waals surface area contributed by atoms with Crippen molar-refractivity contribution >= 4 is 23.5 Å². The van der Waals surface area contributed by atoms with Gasteiger partial charge in [0.25, 0.3) is 0 Å². The van der Waals surface area contributed by atoms with E-state index in [9.17, 15) is 4.79 Å². The summed E-state index contributed by atoms with van der Waals surface area (Å²) in [5.74, 6) is 1.51. The smallest absolute Gasteiger partial charge is 0.145 e. The molecular weight excluding hydrogens is 432 g/mol. The lowest BCUT2D eigenvalue weighted by Crippen LogP contribution is -2.57. The number of anilines is 2. The molecule has 1 aromatic carbocycles. The Balaban J connectivity index is 1.46. The summed E-state index contributed by atoms with van der Waals surface area (Å²) in [6.07, 6.45) is 4.36. The van der Waals surface area contributed by atoms with Crippen LogP contribution in [0.15, 0.2) is 30.6 Å². The molecule has 1 aromatic heterocycles. The Kier molecular flexibility index (Phi) is 7.13. The summed E-state index contributed by atoms with van der Waals surface area (Å²) in [6, 6.07) is 7.91. The second kappa shape index (κ2) is 10.1. The maximum absolute atomic E-state index is 10.5. The number of carbonyl (C=O) groups excluding carboxylic acids is 1. The molecule has 0 radical (unpaired) electrons. The van der Waals surface area contributed by atoms with Gasteiger partial charge in [0.1, 0.15) is 36.4 Å². The Bertz CT molecular complexity index is 1030. The molecule has 1 aliphatic heterocycles. The van der Waals surface area contributed by atoms with Gasteiger partial charge in [-0.2, -0.15) is 0 Å². The van der Waals surface area contributed by atoms with Gasteiger partial charge in [-0.3, -0.25) is 10.3 Å². The first-order valence-electron chi connectivity index (χ1n) is 11.8. The van der Waals surface area contributed by atoms with E-state index in [2.05, 4.69) is 40.5 Å². The Morgan fingerprint density at radius 1 is 1.24 bits per heavy atom. The van der Waals surface area contributed by atoms with E-state index in [0.29, 0.717) is 23.6 Å². The third-order valence-electron chi connectivity index (χ3n) is 6.63. The Morgan fingerprint density at radius 3 is 2.65 bits per heavy atom. The van der Waals surface area contributed by atoms with Crippen molar-refractivity contribution in [2.24, 2.45) is 0 Å². The minimum absolute atomic E-state index is 0.103. The highest BCUT2D eigenvalue weighted by Crippen LogP contribution is 2.40. The lowest BCUT2D eigenvalue weighted by molar-refractivity contribution is -0.112. The first-order chi connectivity index (χ1) is 16.3. The summed E-state index contributed by atoms with van der Waals surface area (Å²) in [7, 11) is 0. The van der Waals surface area contributed by atoms with Crippen molar-refractivity contribution in [3.8, 4) is 5.75 Å².